The molecule has 0 unspecified atom stereocenters. The van der Waals surface area contributed by atoms with E-state index >= 15 is 0 Å². The first kappa shape index (κ1) is 10.8. The van der Waals surface area contributed by atoms with Gasteiger partial charge in [-0.15, -0.1) is 0 Å². The Hall–Kier alpha value is -1.25. The monoisotopic (exact) mass is 193 g/mol. The Morgan fingerprint density at radius 2 is 1.93 bits per heavy atom. The van der Waals surface area contributed by atoms with Gasteiger partial charge in [0.15, 0.2) is 0 Å². The summed E-state index contributed by atoms with van der Waals surface area (Å²) >= 11 is 0. The van der Waals surface area contributed by atoms with Crippen LogP contribution in [0.1, 0.15) is 26.3 Å². The zero-order chi connectivity index (χ0) is 10.9. The molecule has 0 bridgehead atoms. The van der Waals surface area contributed by atoms with Crippen molar-refractivity contribution >= 4 is 11.5 Å². The normalized spacial score (nSPS) is 11.5. The van der Waals surface area contributed by atoms with Crippen LogP contribution in [0.5, 0.6) is 0 Å². The van der Waals surface area contributed by atoms with Gasteiger partial charge in [-0.2, -0.15) is 0 Å². The lowest BCUT2D eigenvalue weighted by Gasteiger charge is -2.34. The van der Waals surface area contributed by atoms with Crippen molar-refractivity contribution in [1.29, 1.82) is 0 Å². The molecule has 0 aliphatic heterocycles. The van der Waals surface area contributed by atoms with Crippen molar-refractivity contribution in [2.45, 2.75) is 33.2 Å². The van der Waals surface area contributed by atoms with Crippen molar-refractivity contribution in [2.24, 2.45) is 0 Å². The summed E-state index contributed by atoms with van der Waals surface area (Å²) in [6.07, 6.45) is 1.70. The minimum absolute atomic E-state index is 0.0773. The molecule has 14 heavy (non-hydrogen) atoms. The van der Waals surface area contributed by atoms with Gasteiger partial charge >= 0.3 is 0 Å². The average Bonchev–Trinajstić information content (AvgIpc) is 2.01. The number of anilines is 2. The Morgan fingerprint density at radius 1 is 1.36 bits per heavy atom. The predicted octanol–water partition coefficient (Wildman–Crippen LogP) is 2.21. The molecule has 1 aromatic heterocycles. The molecule has 0 saturated heterocycles. The molecule has 78 valence electrons. The molecule has 0 atom stereocenters. The lowest BCUT2D eigenvalue weighted by atomic mass is 10.1. The highest BCUT2D eigenvalue weighted by Gasteiger charge is 2.19. The SMILES string of the molecule is Cc1cc(N)cnc1N(C)C(C)(C)C. The summed E-state index contributed by atoms with van der Waals surface area (Å²) in [4.78, 5) is 6.50. The number of rotatable bonds is 1. The maximum Gasteiger partial charge on any atom is 0.131 e. The fraction of sp³-hybridized carbons (Fsp3) is 0.545. The largest absolute Gasteiger partial charge is 0.397 e. The number of nitrogen functional groups attached to an aromatic ring is 1. The summed E-state index contributed by atoms with van der Waals surface area (Å²) in [5.74, 6) is 0.992. The van der Waals surface area contributed by atoms with Crippen LogP contribution in [-0.4, -0.2) is 17.6 Å². The molecule has 0 aromatic carbocycles. The van der Waals surface area contributed by atoms with Crippen molar-refractivity contribution in [3.05, 3.63) is 17.8 Å². The quantitative estimate of drug-likeness (QED) is 0.743. The van der Waals surface area contributed by atoms with Crippen molar-refractivity contribution < 1.29 is 0 Å². The summed E-state index contributed by atoms with van der Waals surface area (Å²) in [6.45, 7) is 8.50. The first-order chi connectivity index (χ1) is 6.32. The van der Waals surface area contributed by atoms with Crippen molar-refractivity contribution in [3.63, 3.8) is 0 Å². The summed E-state index contributed by atoms with van der Waals surface area (Å²) in [5, 5.41) is 0. The molecular formula is C11H19N3. The maximum atomic E-state index is 5.66. The summed E-state index contributed by atoms with van der Waals surface area (Å²) < 4.78 is 0. The third-order valence-electron chi connectivity index (χ3n) is 2.40. The number of aryl methyl sites for hydroxylation is 1. The van der Waals surface area contributed by atoms with Crippen LogP contribution in [0.3, 0.4) is 0 Å². The van der Waals surface area contributed by atoms with E-state index < -0.39 is 0 Å². The van der Waals surface area contributed by atoms with Crippen LogP contribution in [0.15, 0.2) is 12.3 Å². The molecular weight excluding hydrogens is 174 g/mol. The Bertz CT molecular complexity index is 326. The molecule has 0 radical (unpaired) electrons. The fourth-order valence-corrected chi connectivity index (χ4v) is 1.26. The molecule has 1 heterocycles. The van der Waals surface area contributed by atoms with E-state index in [0.717, 1.165) is 11.4 Å². The van der Waals surface area contributed by atoms with Crippen LogP contribution in [0, 0.1) is 6.92 Å². The topological polar surface area (TPSA) is 42.1 Å². The van der Waals surface area contributed by atoms with E-state index in [1.807, 2.05) is 20.0 Å². The van der Waals surface area contributed by atoms with E-state index in [1.165, 1.54) is 0 Å². The van der Waals surface area contributed by atoms with Crippen molar-refractivity contribution in [2.75, 3.05) is 17.7 Å². The highest BCUT2D eigenvalue weighted by molar-refractivity contribution is 5.53. The highest BCUT2D eigenvalue weighted by atomic mass is 15.2. The average molecular weight is 193 g/mol. The van der Waals surface area contributed by atoms with Crippen LogP contribution in [0.2, 0.25) is 0 Å². The van der Waals surface area contributed by atoms with Gasteiger partial charge in [0, 0.05) is 12.6 Å². The molecule has 0 fully saturated rings. The van der Waals surface area contributed by atoms with E-state index in [1.54, 1.807) is 6.20 Å². The van der Waals surface area contributed by atoms with Crippen molar-refractivity contribution in [3.8, 4) is 0 Å². The van der Waals surface area contributed by atoms with Crippen LogP contribution in [-0.2, 0) is 0 Å². The second-order valence-electron chi connectivity index (χ2n) is 4.64. The number of nitrogens with two attached hydrogens (primary N) is 1. The molecule has 3 nitrogen and oxygen atoms in total. The minimum atomic E-state index is 0.0773. The van der Waals surface area contributed by atoms with Gasteiger partial charge < -0.3 is 10.6 Å². The molecule has 0 aliphatic carbocycles. The maximum absolute atomic E-state index is 5.66. The summed E-state index contributed by atoms with van der Waals surface area (Å²) in [7, 11) is 2.05. The Morgan fingerprint density at radius 3 is 2.36 bits per heavy atom. The number of aromatic nitrogens is 1. The lowest BCUT2D eigenvalue weighted by Crippen LogP contribution is -2.39. The highest BCUT2D eigenvalue weighted by Crippen LogP contribution is 2.23. The first-order valence-electron chi connectivity index (χ1n) is 4.78. The molecule has 0 spiro atoms. The van der Waals surface area contributed by atoms with Gasteiger partial charge in [0.1, 0.15) is 5.82 Å². The molecule has 1 aromatic rings. The third-order valence-corrected chi connectivity index (χ3v) is 2.40. The van der Waals surface area contributed by atoms with E-state index in [-0.39, 0.29) is 5.54 Å². The number of pyridine rings is 1. The number of nitrogens with zero attached hydrogens (tertiary/aromatic N) is 2. The molecule has 0 saturated carbocycles. The zero-order valence-electron chi connectivity index (χ0n) is 9.63. The molecule has 3 heteroatoms. The van der Waals surface area contributed by atoms with E-state index in [2.05, 4.69) is 30.7 Å². The second-order valence-corrected chi connectivity index (χ2v) is 4.64. The van der Waals surface area contributed by atoms with E-state index in [4.69, 9.17) is 5.73 Å². The smallest absolute Gasteiger partial charge is 0.131 e. The first-order valence-corrected chi connectivity index (χ1v) is 4.78. The van der Waals surface area contributed by atoms with Crippen LogP contribution in [0.25, 0.3) is 0 Å². The minimum Gasteiger partial charge on any atom is -0.397 e. The van der Waals surface area contributed by atoms with Gasteiger partial charge in [-0.25, -0.2) is 4.98 Å². The Kier molecular flexibility index (Phi) is 2.69. The third kappa shape index (κ3) is 2.16. The standard InChI is InChI=1S/C11H19N3/c1-8-6-9(12)7-13-10(8)14(5)11(2,3)4/h6-7H,12H2,1-5H3. The summed E-state index contributed by atoms with van der Waals surface area (Å²) in [5.41, 5.74) is 7.56. The number of hydrogen-bond donors (Lipinski definition) is 1. The fourth-order valence-electron chi connectivity index (χ4n) is 1.26. The molecule has 0 aliphatic rings. The molecule has 1 rings (SSSR count). The van der Waals surface area contributed by atoms with Crippen LogP contribution >= 0.6 is 0 Å². The van der Waals surface area contributed by atoms with E-state index in [9.17, 15) is 0 Å². The lowest BCUT2D eigenvalue weighted by molar-refractivity contribution is 0.533. The van der Waals surface area contributed by atoms with Crippen LogP contribution in [0.4, 0.5) is 11.5 Å². The van der Waals surface area contributed by atoms with E-state index in [0.29, 0.717) is 5.69 Å². The van der Waals surface area contributed by atoms with Crippen molar-refractivity contribution in [1.82, 2.24) is 4.98 Å². The number of hydrogen-bond acceptors (Lipinski definition) is 3. The zero-order valence-corrected chi connectivity index (χ0v) is 9.63. The predicted molar refractivity (Wildman–Crippen MR) is 61.5 cm³/mol. The summed E-state index contributed by atoms with van der Waals surface area (Å²) in [6, 6.07) is 1.95. The van der Waals surface area contributed by atoms with Gasteiger partial charge in [-0.1, -0.05) is 0 Å². The van der Waals surface area contributed by atoms with Gasteiger partial charge in [-0.05, 0) is 39.3 Å². The van der Waals surface area contributed by atoms with Crippen LogP contribution < -0.4 is 10.6 Å². The van der Waals surface area contributed by atoms with Gasteiger partial charge in [0.2, 0.25) is 0 Å². The second kappa shape index (κ2) is 3.48. The Balaban J connectivity index is 3.08. The van der Waals surface area contributed by atoms with Gasteiger partial charge in [0.05, 0.1) is 11.9 Å². The van der Waals surface area contributed by atoms with Gasteiger partial charge in [-0.3, -0.25) is 0 Å². The van der Waals surface area contributed by atoms with Gasteiger partial charge in [0.25, 0.3) is 0 Å². The Labute approximate surface area is 85.9 Å². The molecule has 0 amide bonds. The molecule has 2 N–H and O–H groups in total.